The maximum absolute atomic E-state index is 12.7. The van der Waals surface area contributed by atoms with E-state index in [-0.39, 0.29) is 18.4 Å². The number of amides is 1. The molecule has 1 atom stereocenters. The Morgan fingerprint density at radius 2 is 1.76 bits per heavy atom. The average Bonchev–Trinajstić information content (AvgIpc) is 3.12. The lowest BCUT2D eigenvalue weighted by atomic mass is 10.1. The highest BCUT2D eigenvalue weighted by Gasteiger charge is 2.18. The van der Waals surface area contributed by atoms with Gasteiger partial charge in [0.2, 0.25) is 0 Å². The number of nitrogens with one attached hydrogen (secondary N) is 1. The van der Waals surface area contributed by atoms with Gasteiger partial charge in [-0.1, -0.05) is 55.5 Å². The number of hydrogen-bond donors (Lipinski definition) is 2. The molecule has 1 unspecified atom stereocenters. The Morgan fingerprint density at radius 3 is 2.40 bits per heavy atom. The Kier molecular flexibility index (Phi) is 5.26. The summed E-state index contributed by atoms with van der Waals surface area (Å²) in [7, 11) is 0. The van der Waals surface area contributed by atoms with E-state index in [1.807, 2.05) is 67.6 Å². The number of aliphatic hydroxyl groups excluding tert-OH is 1. The maximum Gasteiger partial charge on any atom is 0.255 e. The second kappa shape index (κ2) is 7.77. The van der Waals surface area contributed by atoms with Gasteiger partial charge in [-0.25, -0.2) is 4.68 Å². The zero-order valence-electron chi connectivity index (χ0n) is 14.1. The minimum Gasteiger partial charge on any atom is -0.396 e. The highest BCUT2D eigenvalue weighted by atomic mass is 16.3. The van der Waals surface area contributed by atoms with Gasteiger partial charge in [-0.2, -0.15) is 5.10 Å². The SMILES string of the molecule is CC(CO)CNC(=O)c1cn(-c2ccccc2)nc1-c1ccccc1. The zero-order valence-corrected chi connectivity index (χ0v) is 14.1. The van der Waals surface area contributed by atoms with E-state index < -0.39 is 0 Å². The third-order valence-electron chi connectivity index (χ3n) is 3.95. The maximum atomic E-state index is 12.7. The summed E-state index contributed by atoms with van der Waals surface area (Å²) >= 11 is 0. The number of benzene rings is 2. The molecule has 0 bridgehead atoms. The summed E-state index contributed by atoms with van der Waals surface area (Å²) in [5.41, 5.74) is 2.93. The van der Waals surface area contributed by atoms with Crippen molar-refractivity contribution < 1.29 is 9.90 Å². The number of rotatable bonds is 6. The molecule has 1 amide bonds. The standard InChI is InChI=1S/C20H21N3O2/c1-15(14-24)12-21-20(25)18-13-23(17-10-6-3-7-11-17)22-19(18)16-8-4-2-5-9-16/h2-11,13,15,24H,12,14H2,1H3,(H,21,25). The lowest BCUT2D eigenvalue weighted by Gasteiger charge is -2.09. The molecule has 0 spiro atoms. The molecule has 0 radical (unpaired) electrons. The number of carbonyl (C=O) groups excluding carboxylic acids is 1. The van der Waals surface area contributed by atoms with Crippen LogP contribution in [0.2, 0.25) is 0 Å². The summed E-state index contributed by atoms with van der Waals surface area (Å²) in [6.07, 6.45) is 1.75. The van der Waals surface area contributed by atoms with Crippen molar-refractivity contribution in [2.45, 2.75) is 6.92 Å². The average molecular weight is 335 g/mol. The highest BCUT2D eigenvalue weighted by molar-refractivity contribution is 5.99. The molecule has 25 heavy (non-hydrogen) atoms. The molecule has 128 valence electrons. The molecule has 1 aromatic heterocycles. The van der Waals surface area contributed by atoms with E-state index in [1.165, 1.54) is 0 Å². The molecule has 5 heteroatoms. The molecular weight excluding hydrogens is 314 g/mol. The molecule has 0 aliphatic heterocycles. The number of nitrogens with zero attached hydrogens (tertiary/aromatic N) is 2. The predicted octanol–water partition coefficient (Wildman–Crippen LogP) is 2.90. The van der Waals surface area contributed by atoms with Crippen LogP contribution in [0.4, 0.5) is 0 Å². The van der Waals surface area contributed by atoms with Crippen molar-refractivity contribution in [1.29, 1.82) is 0 Å². The van der Waals surface area contributed by atoms with Crippen molar-refractivity contribution in [2.75, 3.05) is 13.2 Å². The molecule has 0 aliphatic carbocycles. The smallest absolute Gasteiger partial charge is 0.255 e. The number of aromatic nitrogens is 2. The van der Waals surface area contributed by atoms with Crippen molar-refractivity contribution >= 4 is 5.91 Å². The summed E-state index contributed by atoms with van der Waals surface area (Å²) in [6, 6.07) is 19.3. The second-order valence-electron chi connectivity index (χ2n) is 6.04. The normalized spacial score (nSPS) is 11.9. The van der Waals surface area contributed by atoms with Gasteiger partial charge in [0.05, 0.1) is 11.3 Å². The Balaban J connectivity index is 1.97. The molecule has 3 aromatic rings. The van der Waals surface area contributed by atoms with Crippen LogP contribution in [0.15, 0.2) is 66.9 Å². The van der Waals surface area contributed by atoms with E-state index in [1.54, 1.807) is 10.9 Å². The van der Waals surface area contributed by atoms with E-state index in [0.29, 0.717) is 17.8 Å². The molecule has 0 fully saturated rings. The molecule has 5 nitrogen and oxygen atoms in total. The monoisotopic (exact) mass is 335 g/mol. The molecule has 1 heterocycles. The van der Waals surface area contributed by atoms with Crippen molar-refractivity contribution in [1.82, 2.24) is 15.1 Å². The van der Waals surface area contributed by atoms with Gasteiger partial charge in [-0.05, 0) is 18.1 Å². The van der Waals surface area contributed by atoms with Crippen LogP contribution in [0.25, 0.3) is 16.9 Å². The van der Waals surface area contributed by atoms with E-state index in [9.17, 15) is 4.79 Å². The van der Waals surface area contributed by atoms with Crippen LogP contribution in [0.3, 0.4) is 0 Å². The van der Waals surface area contributed by atoms with Gasteiger partial charge >= 0.3 is 0 Å². The Hall–Kier alpha value is -2.92. The number of hydrogen-bond acceptors (Lipinski definition) is 3. The fraction of sp³-hybridized carbons (Fsp3) is 0.200. The summed E-state index contributed by atoms with van der Waals surface area (Å²) in [6.45, 7) is 2.33. The first-order valence-corrected chi connectivity index (χ1v) is 8.28. The van der Waals surface area contributed by atoms with Gasteiger partial charge in [0, 0.05) is 24.9 Å². The lowest BCUT2D eigenvalue weighted by Crippen LogP contribution is -2.29. The minimum absolute atomic E-state index is 0.00768. The molecule has 2 aromatic carbocycles. The molecular formula is C20H21N3O2. The van der Waals surface area contributed by atoms with Crippen LogP contribution >= 0.6 is 0 Å². The van der Waals surface area contributed by atoms with Crippen LogP contribution in [0.5, 0.6) is 0 Å². The summed E-state index contributed by atoms with van der Waals surface area (Å²) in [4.78, 5) is 12.7. The van der Waals surface area contributed by atoms with E-state index in [4.69, 9.17) is 5.11 Å². The molecule has 0 aliphatic rings. The van der Waals surface area contributed by atoms with Gasteiger partial charge in [-0.3, -0.25) is 4.79 Å². The first-order chi connectivity index (χ1) is 12.2. The van der Waals surface area contributed by atoms with Crippen molar-refractivity contribution in [3.63, 3.8) is 0 Å². The van der Waals surface area contributed by atoms with Gasteiger partial charge in [0.25, 0.3) is 5.91 Å². The topological polar surface area (TPSA) is 67.2 Å². The summed E-state index contributed by atoms with van der Waals surface area (Å²) in [5, 5.41) is 16.6. The number of para-hydroxylation sites is 1. The van der Waals surface area contributed by atoms with Gasteiger partial charge < -0.3 is 10.4 Å². The van der Waals surface area contributed by atoms with E-state index in [2.05, 4.69) is 10.4 Å². The second-order valence-corrected chi connectivity index (χ2v) is 6.04. The van der Waals surface area contributed by atoms with E-state index in [0.717, 1.165) is 11.3 Å². The highest BCUT2D eigenvalue weighted by Crippen LogP contribution is 2.23. The van der Waals surface area contributed by atoms with E-state index >= 15 is 0 Å². The van der Waals surface area contributed by atoms with Crippen molar-refractivity contribution in [2.24, 2.45) is 5.92 Å². The zero-order chi connectivity index (χ0) is 17.6. The van der Waals surface area contributed by atoms with Crippen LogP contribution in [-0.2, 0) is 0 Å². The summed E-state index contributed by atoms with van der Waals surface area (Å²) < 4.78 is 1.71. The first-order valence-electron chi connectivity index (χ1n) is 8.28. The summed E-state index contributed by atoms with van der Waals surface area (Å²) in [5.74, 6) is -0.186. The van der Waals surface area contributed by atoms with Crippen LogP contribution in [0.1, 0.15) is 17.3 Å². The predicted molar refractivity (Wildman–Crippen MR) is 97.6 cm³/mol. The Morgan fingerprint density at radius 1 is 1.12 bits per heavy atom. The van der Waals surface area contributed by atoms with Crippen LogP contribution < -0.4 is 5.32 Å². The van der Waals surface area contributed by atoms with Crippen molar-refractivity contribution in [3.8, 4) is 16.9 Å². The van der Waals surface area contributed by atoms with Gasteiger partial charge in [0.1, 0.15) is 5.69 Å². The quantitative estimate of drug-likeness (QED) is 0.728. The fourth-order valence-corrected chi connectivity index (χ4v) is 2.49. The van der Waals surface area contributed by atoms with Crippen LogP contribution in [0, 0.1) is 5.92 Å². The Bertz CT molecular complexity index is 829. The molecule has 0 saturated carbocycles. The first kappa shape index (κ1) is 16.9. The third kappa shape index (κ3) is 3.95. The van der Waals surface area contributed by atoms with Gasteiger partial charge in [0.15, 0.2) is 0 Å². The van der Waals surface area contributed by atoms with Crippen molar-refractivity contribution in [3.05, 3.63) is 72.4 Å². The third-order valence-corrected chi connectivity index (χ3v) is 3.95. The fourth-order valence-electron chi connectivity index (χ4n) is 2.49. The largest absolute Gasteiger partial charge is 0.396 e. The molecule has 3 rings (SSSR count). The Labute approximate surface area is 146 Å². The lowest BCUT2D eigenvalue weighted by molar-refractivity contribution is 0.0943. The van der Waals surface area contributed by atoms with Gasteiger partial charge in [-0.15, -0.1) is 0 Å². The molecule has 0 saturated heterocycles. The number of carbonyl (C=O) groups is 1. The molecule has 2 N–H and O–H groups in total. The number of aliphatic hydroxyl groups is 1. The van der Waals surface area contributed by atoms with Crippen LogP contribution in [-0.4, -0.2) is 33.9 Å². The minimum atomic E-state index is -0.193.